The van der Waals surface area contributed by atoms with Gasteiger partial charge in [0.05, 0.1) is 5.76 Å². The number of Topliss-reactive ketones (excluding diaryl/α,β-unsaturated/α-hetero) is 1. The van der Waals surface area contributed by atoms with E-state index in [0.717, 1.165) is 11.3 Å². The first-order valence-electron chi connectivity index (χ1n) is 6.08. The normalized spacial score (nSPS) is 9.53. The molecule has 1 rings (SSSR count). The Hall–Kier alpha value is -1.57. The highest BCUT2D eigenvalue weighted by molar-refractivity contribution is 5.78. The molecule has 0 N–H and O–H groups in total. The molecular weight excluding hydrogens is 236 g/mol. The third kappa shape index (κ3) is 14.4. The third-order valence-electron chi connectivity index (χ3n) is 1.78. The predicted octanol–water partition coefficient (Wildman–Crippen LogP) is 5.04. The lowest BCUT2D eigenvalue weighted by molar-refractivity contribution is -0.116. The molecule has 2 nitrogen and oxygen atoms in total. The molecule has 0 amide bonds. The van der Waals surface area contributed by atoms with E-state index in [4.69, 9.17) is 4.74 Å². The highest BCUT2D eigenvalue weighted by Crippen LogP contribution is 2.10. The smallest absolute Gasteiger partial charge is 0.134 e. The second kappa shape index (κ2) is 9.37. The van der Waals surface area contributed by atoms with Crippen molar-refractivity contribution in [3.05, 3.63) is 48.2 Å². The summed E-state index contributed by atoms with van der Waals surface area (Å²) in [7, 11) is 0. The van der Waals surface area contributed by atoms with Gasteiger partial charge in [-0.05, 0) is 40.2 Å². The summed E-state index contributed by atoms with van der Waals surface area (Å²) in [6, 6.07) is 9.75. The summed E-state index contributed by atoms with van der Waals surface area (Å²) in [5.74, 6) is 0.990. The molecule has 0 aromatic heterocycles. The van der Waals surface area contributed by atoms with Gasteiger partial charge in [0.25, 0.3) is 0 Å². The van der Waals surface area contributed by atoms with Crippen LogP contribution in [0, 0.1) is 0 Å². The molecule has 0 spiro atoms. The van der Waals surface area contributed by atoms with Crippen LogP contribution in [0.3, 0.4) is 0 Å². The van der Waals surface area contributed by atoms with Gasteiger partial charge >= 0.3 is 0 Å². The summed E-state index contributed by atoms with van der Waals surface area (Å²) in [4.78, 5) is 10.6. The first-order chi connectivity index (χ1) is 8.20. The summed E-state index contributed by atoms with van der Waals surface area (Å²) < 4.78 is 5.24. The van der Waals surface area contributed by atoms with Crippen LogP contribution in [-0.4, -0.2) is 11.4 Å². The lowest BCUT2D eigenvalue weighted by atomic mass is 10.1. The lowest BCUT2D eigenvalue weighted by Crippen LogP contribution is -2.17. The van der Waals surface area contributed by atoms with Crippen molar-refractivity contribution < 1.29 is 11.0 Å². The number of ether oxygens (including phenoxy) is 1. The minimum Gasteiger partial charge on any atom is -0.493 e. The largest absolute Gasteiger partial charge is 0.493 e. The molecule has 0 saturated carbocycles. The van der Waals surface area contributed by atoms with Crippen LogP contribution in [0.4, 0.5) is 0 Å². The van der Waals surface area contributed by atoms with E-state index in [9.17, 15) is 4.79 Å². The molecule has 0 fully saturated rings. The predicted molar refractivity (Wildman–Crippen MR) is 85.3 cm³/mol. The van der Waals surface area contributed by atoms with Gasteiger partial charge < -0.3 is 4.74 Å². The molecule has 0 aliphatic rings. The van der Waals surface area contributed by atoms with E-state index in [2.05, 4.69) is 6.58 Å². The van der Waals surface area contributed by atoms with Crippen molar-refractivity contribution in [3.8, 4) is 0 Å². The van der Waals surface area contributed by atoms with Gasteiger partial charge in [0, 0.05) is 7.85 Å². The van der Waals surface area contributed by atoms with E-state index in [1.165, 1.54) is 0 Å². The molecular formula is C17H30O2. The second-order valence-electron chi connectivity index (χ2n) is 5.28. The van der Waals surface area contributed by atoms with Crippen molar-refractivity contribution in [2.75, 3.05) is 0 Å². The molecule has 1 aromatic carbocycles. The molecule has 0 aliphatic carbocycles. The molecule has 2 heteroatoms. The molecule has 0 saturated heterocycles. The third-order valence-corrected chi connectivity index (χ3v) is 1.78. The Kier molecular flexibility index (Phi) is 9.75. The van der Waals surface area contributed by atoms with E-state index in [1.807, 2.05) is 58.0 Å². The highest BCUT2D eigenvalue weighted by atomic mass is 16.5. The van der Waals surface area contributed by atoms with Crippen LogP contribution in [0.2, 0.25) is 0 Å². The SMILES string of the molecule is C.C=C(C)OC(C)(C)C.CC(=O)Cc1ccccc1.[HH]. The van der Waals surface area contributed by atoms with Gasteiger partial charge in [0.2, 0.25) is 0 Å². The van der Waals surface area contributed by atoms with Crippen LogP contribution in [0.25, 0.3) is 0 Å². The van der Waals surface area contributed by atoms with E-state index in [0.29, 0.717) is 6.42 Å². The Morgan fingerprint density at radius 3 is 1.95 bits per heavy atom. The Balaban J connectivity index is -0.000000269. The maximum atomic E-state index is 10.6. The number of ketones is 1. The first-order valence-corrected chi connectivity index (χ1v) is 6.08. The number of hydrogen-bond acceptors (Lipinski definition) is 2. The van der Waals surface area contributed by atoms with Gasteiger partial charge in [0.15, 0.2) is 0 Å². The molecule has 19 heavy (non-hydrogen) atoms. The van der Waals surface area contributed by atoms with Crippen LogP contribution in [0.1, 0.15) is 49.0 Å². The molecule has 0 aliphatic heterocycles. The average Bonchev–Trinajstić information content (AvgIpc) is 2.14. The number of allylic oxidation sites excluding steroid dienone is 1. The zero-order chi connectivity index (χ0) is 14.2. The number of carbonyl (C=O) groups excluding carboxylic acids is 1. The van der Waals surface area contributed by atoms with Crippen molar-refractivity contribution in [2.45, 2.75) is 54.1 Å². The molecule has 0 radical (unpaired) electrons. The van der Waals surface area contributed by atoms with Crippen molar-refractivity contribution >= 4 is 5.78 Å². The number of rotatable bonds is 3. The Bertz CT molecular complexity index is 378. The van der Waals surface area contributed by atoms with Crippen molar-refractivity contribution in [1.29, 1.82) is 0 Å². The van der Waals surface area contributed by atoms with Crippen molar-refractivity contribution in [1.82, 2.24) is 0 Å². The lowest BCUT2D eigenvalue weighted by Gasteiger charge is -2.20. The first kappa shape index (κ1) is 19.8. The fourth-order valence-electron chi connectivity index (χ4n) is 1.41. The van der Waals surface area contributed by atoms with Crippen LogP contribution in [0.5, 0.6) is 0 Å². The minimum atomic E-state index is -0.0775. The van der Waals surface area contributed by atoms with E-state index >= 15 is 0 Å². The fourth-order valence-corrected chi connectivity index (χ4v) is 1.41. The van der Waals surface area contributed by atoms with Crippen LogP contribution >= 0.6 is 0 Å². The van der Waals surface area contributed by atoms with Crippen LogP contribution < -0.4 is 0 Å². The highest BCUT2D eigenvalue weighted by Gasteiger charge is 2.08. The van der Waals surface area contributed by atoms with Gasteiger partial charge in [0.1, 0.15) is 11.4 Å². The van der Waals surface area contributed by atoms with Gasteiger partial charge in [-0.15, -0.1) is 0 Å². The number of carbonyl (C=O) groups is 1. The van der Waals surface area contributed by atoms with Crippen molar-refractivity contribution in [3.63, 3.8) is 0 Å². The Labute approximate surface area is 120 Å². The zero-order valence-corrected chi connectivity index (χ0v) is 12.1. The summed E-state index contributed by atoms with van der Waals surface area (Å²) in [6.07, 6.45) is 0.556. The Morgan fingerprint density at radius 2 is 1.68 bits per heavy atom. The molecule has 1 aromatic rings. The summed E-state index contributed by atoms with van der Waals surface area (Å²) in [5.41, 5.74) is 1.02. The summed E-state index contributed by atoms with van der Waals surface area (Å²) in [6.45, 7) is 13.1. The number of benzene rings is 1. The molecule has 0 bridgehead atoms. The fraction of sp³-hybridized carbons (Fsp3) is 0.471. The van der Waals surface area contributed by atoms with E-state index in [1.54, 1.807) is 6.92 Å². The van der Waals surface area contributed by atoms with E-state index in [-0.39, 0.29) is 20.2 Å². The second-order valence-corrected chi connectivity index (χ2v) is 5.28. The summed E-state index contributed by atoms with van der Waals surface area (Å²) >= 11 is 0. The van der Waals surface area contributed by atoms with E-state index < -0.39 is 0 Å². The molecule has 0 atom stereocenters. The zero-order valence-electron chi connectivity index (χ0n) is 12.1. The van der Waals surface area contributed by atoms with Crippen molar-refractivity contribution in [2.24, 2.45) is 0 Å². The van der Waals surface area contributed by atoms with Crippen LogP contribution in [0.15, 0.2) is 42.7 Å². The molecule has 0 heterocycles. The number of hydrogen-bond donors (Lipinski definition) is 0. The van der Waals surface area contributed by atoms with Crippen LogP contribution in [-0.2, 0) is 16.0 Å². The Morgan fingerprint density at radius 1 is 1.21 bits per heavy atom. The van der Waals surface area contributed by atoms with Gasteiger partial charge in [-0.1, -0.05) is 44.3 Å². The minimum absolute atomic E-state index is 0. The standard InChI is InChI=1S/C9H10O.C7H14O.CH4.H2/c1-8(10)7-9-5-3-2-4-6-9;1-6(2)8-7(3,4)5;;/h2-6H,7H2,1H3;1H2,2-5H3;1H4;1H. The quantitative estimate of drug-likeness (QED) is 0.717. The average molecular weight is 266 g/mol. The monoisotopic (exact) mass is 266 g/mol. The summed E-state index contributed by atoms with van der Waals surface area (Å²) in [5, 5.41) is 0. The molecule has 0 unspecified atom stereocenters. The van der Waals surface area contributed by atoms with Gasteiger partial charge in [-0.25, -0.2) is 0 Å². The maximum Gasteiger partial charge on any atom is 0.134 e. The molecule has 110 valence electrons. The van der Waals surface area contributed by atoms with Gasteiger partial charge in [-0.3, -0.25) is 4.79 Å². The maximum absolute atomic E-state index is 10.6. The van der Waals surface area contributed by atoms with Gasteiger partial charge in [-0.2, -0.15) is 0 Å². The topological polar surface area (TPSA) is 26.3 Å².